The highest BCUT2D eigenvalue weighted by molar-refractivity contribution is 5.77. The van der Waals surface area contributed by atoms with Crippen LogP contribution in [0.1, 0.15) is 37.4 Å². The van der Waals surface area contributed by atoms with Gasteiger partial charge in [0.15, 0.2) is 6.61 Å². The Morgan fingerprint density at radius 1 is 1.22 bits per heavy atom. The van der Waals surface area contributed by atoms with Gasteiger partial charge in [0.05, 0.1) is 0 Å². The summed E-state index contributed by atoms with van der Waals surface area (Å²) in [6.45, 7) is 4.91. The van der Waals surface area contributed by atoms with Crippen molar-refractivity contribution in [1.82, 2.24) is 10.3 Å². The number of para-hydroxylation sites is 1. The molecular formula is C19H24N2O2. The van der Waals surface area contributed by atoms with Gasteiger partial charge in [-0.2, -0.15) is 0 Å². The highest BCUT2D eigenvalue weighted by Crippen LogP contribution is 2.28. The van der Waals surface area contributed by atoms with Crippen molar-refractivity contribution in [2.45, 2.75) is 32.6 Å². The second-order valence-corrected chi connectivity index (χ2v) is 5.56. The summed E-state index contributed by atoms with van der Waals surface area (Å²) in [6.07, 6.45) is 3.51. The Morgan fingerprint density at radius 3 is 2.74 bits per heavy atom. The van der Waals surface area contributed by atoms with Gasteiger partial charge in [-0.3, -0.25) is 9.78 Å². The molecule has 0 saturated carbocycles. The summed E-state index contributed by atoms with van der Waals surface area (Å²) in [7, 11) is 0. The number of hydrogen-bond acceptors (Lipinski definition) is 3. The van der Waals surface area contributed by atoms with E-state index < -0.39 is 0 Å². The van der Waals surface area contributed by atoms with E-state index >= 15 is 0 Å². The summed E-state index contributed by atoms with van der Waals surface area (Å²) in [5.41, 5.74) is 2.12. The zero-order valence-electron chi connectivity index (χ0n) is 13.8. The van der Waals surface area contributed by atoms with E-state index in [2.05, 4.69) is 30.2 Å². The third kappa shape index (κ3) is 5.40. The van der Waals surface area contributed by atoms with E-state index in [0.717, 1.165) is 29.8 Å². The predicted molar refractivity (Wildman–Crippen MR) is 91.6 cm³/mol. The summed E-state index contributed by atoms with van der Waals surface area (Å²) in [6, 6.07) is 13.7. The quantitative estimate of drug-likeness (QED) is 0.813. The molecule has 1 unspecified atom stereocenters. The molecule has 4 heteroatoms. The standard InChI is InChI=1S/C19H24N2O2/c1-3-15(2)17-9-4-5-10-18(17)23-14-19(22)21-13-11-16-8-6-7-12-20-16/h4-10,12,15H,3,11,13-14H2,1-2H3,(H,21,22). The smallest absolute Gasteiger partial charge is 0.257 e. The summed E-state index contributed by atoms with van der Waals surface area (Å²) >= 11 is 0. The van der Waals surface area contributed by atoms with Crippen LogP contribution in [0, 0.1) is 0 Å². The van der Waals surface area contributed by atoms with Gasteiger partial charge in [-0.25, -0.2) is 0 Å². The van der Waals surface area contributed by atoms with Gasteiger partial charge in [-0.05, 0) is 36.1 Å². The molecular weight excluding hydrogens is 288 g/mol. The lowest BCUT2D eigenvalue weighted by Gasteiger charge is -2.15. The molecule has 0 radical (unpaired) electrons. The van der Waals surface area contributed by atoms with Gasteiger partial charge < -0.3 is 10.1 Å². The lowest BCUT2D eigenvalue weighted by Crippen LogP contribution is -2.30. The van der Waals surface area contributed by atoms with Gasteiger partial charge in [0.25, 0.3) is 5.91 Å². The van der Waals surface area contributed by atoms with E-state index in [-0.39, 0.29) is 12.5 Å². The van der Waals surface area contributed by atoms with Crippen molar-refractivity contribution in [3.05, 3.63) is 59.9 Å². The second-order valence-electron chi connectivity index (χ2n) is 5.56. The molecule has 0 bridgehead atoms. The SMILES string of the molecule is CCC(C)c1ccccc1OCC(=O)NCCc1ccccn1. The van der Waals surface area contributed by atoms with E-state index in [1.165, 1.54) is 0 Å². The van der Waals surface area contributed by atoms with E-state index in [0.29, 0.717) is 12.5 Å². The molecule has 1 aromatic carbocycles. The molecule has 23 heavy (non-hydrogen) atoms. The number of benzene rings is 1. The van der Waals surface area contributed by atoms with Crippen LogP contribution in [0.25, 0.3) is 0 Å². The van der Waals surface area contributed by atoms with Crippen LogP contribution in [-0.4, -0.2) is 24.0 Å². The molecule has 2 rings (SSSR count). The molecule has 0 spiro atoms. The van der Waals surface area contributed by atoms with Gasteiger partial charge in [-0.15, -0.1) is 0 Å². The first-order valence-corrected chi connectivity index (χ1v) is 8.09. The van der Waals surface area contributed by atoms with Crippen LogP contribution in [0.5, 0.6) is 5.75 Å². The third-order valence-electron chi connectivity index (χ3n) is 3.85. The maximum absolute atomic E-state index is 11.9. The fraction of sp³-hybridized carbons (Fsp3) is 0.368. The minimum absolute atomic E-state index is 0.0374. The first kappa shape index (κ1) is 17.0. The molecule has 1 N–H and O–H groups in total. The topological polar surface area (TPSA) is 51.2 Å². The number of ether oxygens (including phenoxy) is 1. The molecule has 1 heterocycles. The molecule has 1 amide bonds. The third-order valence-corrected chi connectivity index (χ3v) is 3.85. The number of amides is 1. The van der Waals surface area contributed by atoms with Crippen LogP contribution in [0.4, 0.5) is 0 Å². The summed E-state index contributed by atoms with van der Waals surface area (Å²) < 4.78 is 5.70. The average molecular weight is 312 g/mol. The molecule has 0 saturated heterocycles. The Morgan fingerprint density at radius 2 is 2.00 bits per heavy atom. The molecule has 0 aliphatic heterocycles. The van der Waals surface area contributed by atoms with Gasteiger partial charge in [0.1, 0.15) is 5.75 Å². The van der Waals surface area contributed by atoms with Crippen LogP contribution in [-0.2, 0) is 11.2 Å². The molecule has 4 nitrogen and oxygen atoms in total. The Kier molecular flexibility index (Phi) is 6.60. The van der Waals surface area contributed by atoms with Crippen LogP contribution in [0.3, 0.4) is 0 Å². The zero-order chi connectivity index (χ0) is 16.5. The molecule has 0 fully saturated rings. The fourth-order valence-electron chi connectivity index (χ4n) is 2.31. The van der Waals surface area contributed by atoms with Crippen molar-refractivity contribution in [2.75, 3.05) is 13.2 Å². The van der Waals surface area contributed by atoms with Crippen LogP contribution in [0.15, 0.2) is 48.7 Å². The molecule has 1 atom stereocenters. The van der Waals surface area contributed by atoms with Crippen LogP contribution >= 0.6 is 0 Å². The first-order valence-electron chi connectivity index (χ1n) is 8.09. The molecule has 0 aliphatic carbocycles. The average Bonchev–Trinajstić information content (AvgIpc) is 2.60. The number of nitrogens with one attached hydrogen (secondary N) is 1. The largest absolute Gasteiger partial charge is 0.483 e. The van der Waals surface area contributed by atoms with Crippen molar-refractivity contribution in [3.8, 4) is 5.75 Å². The van der Waals surface area contributed by atoms with Crippen LogP contribution in [0.2, 0.25) is 0 Å². The minimum atomic E-state index is -0.111. The number of aromatic nitrogens is 1. The highest BCUT2D eigenvalue weighted by Gasteiger charge is 2.10. The Labute approximate surface area is 137 Å². The van der Waals surface area contributed by atoms with E-state index in [1.54, 1.807) is 6.20 Å². The second kappa shape index (κ2) is 8.93. The van der Waals surface area contributed by atoms with Crippen molar-refractivity contribution < 1.29 is 9.53 Å². The summed E-state index contributed by atoms with van der Waals surface area (Å²) in [5.74, 6) is 1.10. The molecule has 122 valence electrons. The summed E-state index contributed by atoms with van der Waals surface area (Å²) in [5, 5.41) is 2.86. The predicted octanol–water partition coefficient (Wildman–Crippen LogP) is 3.33. The number of nitrogens with zero attached hydrogens (tertiary/aromatic N) is 1. The monoisotopic (exact) mass is 312 g/mol. The van der Waals surface area contributed by atoms with Crippen molar-refractivity contribution >= 4 is 5.91 Å². The molecule has 2 aromatic rings. The molecule has 0 aliphatic rings. The van der Waals surface area contributed by atoms with Gasteiger partial charge in [-0.1, -0.05) is 38.1 Å². The minimum Gasteiger partial charge on any atom is -0.483 e. The maximum Gasteiger partial charge on any atom is 0.257 e. The van der Waals surface area contributed by atoms with Crippen LogP contribution < -0.4 is 10.1 Å². The van der Waals surface area contributed by atoms with Gasteiger partial charge >= 0.3 is 0 Å². The van der Waals surface area contributed by atoms with E-state index in [4.69, 9.17) is 4.74 Å². The number of pyridine rings is 1. The number of carbonyl (C=O) groups excluding carboxylic acids is 1. The number of hydrogen-bond donors (Lipinski definition) is 1. The summed E-state index contributed by atoms with van der Waals surface area (Å²) in [4.78, 5) is 16.1. The lowest BCUT2D eigenvalue weighted by molar-refractivity contribution is -0.123. The van der Waals surface area contributed by atoms with E-state index in [9.17, 15) is 4.79 Å². The Bertz CT molecular complexity index is 614. The fourth-order valence-corrected chi connectivity index (χ4v) is 2.31. The van der Waals surface area contributed by atoms with Crippen molar-refractivity contribution in [1.29, 1.82) is 0 Å². The van der Waals surface area contributed by atoms with E-state index in [1.807, 2.05) is 36.4 Å². The lowest BCUT2D eigenvalue weighted by atomic mass is 9.98. The van der Waals surface area contributed by atoms with Crippen molar-refractivity contribution in [3.63, 3.8) is 0 Å². The van der Waals surface area contributed by atoms with Crippen molar-refractivity contribution in [2.24, 2.45) is 0 Å². The highest BCUT2D eigenvalue weighted by atomic mass is 16.5. The Balaban J connectivity index is 1.78. The Hall–Kier alpha value is -2.36. The maximum atomic E-state index is 11.9. The molecule has 1 aromatic heterocycles. The van der Waals surface area contributed by atoms with Gasteiger partial charge in [0, 0.05) is 24.9 Å². The first-order chi connectivity index (χ1) is 11.2. The zero-order valence-corrected chi connectivity index (χ0v) is 13.8. The normalized spacial score (nSPS) is 11.7. The number of rotatable bonds is 8. The van der Waals surface area contributed by atoms with Gasteiger partial charge in [0.2, 0.25) is 0 Å². The number of carbonyl (C=O) groups is 1.